The quantitative estimate of drug-likeness (QED) is 0.771. The smallest absolute Gasteiger partial charge is 0.226 e. The van der Waals surface area contributed by atoms with Crippen molar-refractivity contribution in [2.24, 2.45) is 0 Å². The fraction of sp³-hybridized carbons (Fsp3) is 0.429. The summed E-state index contributed by atoms with van der Waals surface area (Å²) in [4.78, 5) is 16.3. The summed E-state index contributed by atoms with van der Waals surface area (Å²) in [7, 11) is 1.56. The molecule has 0 aliphatic heterocycles. The number of aromatic nitrogens is 1. The second-order valence-corrected chi connectivity index (χ2v) is 5.39. The zero-order valence-corrected chi connectivity index (χ0v) is 12.6. The number of amides is 1. The molecule has 0 radical (unpaired) electrons. The summed E-state index contributed by atoms with van der Waals surface area (Å²) in [6.07, 6.45) is 2.25. The van der Waals surface area contributed by atoms with Crippen molar-refractivity contribution in [2.75, 3.05) is 20.3 Å². The number of hydrogen-bond donors (Lipinski definition) is 2. The van der Waals surface area contributed by atoms with E-state index in [0.29, 0.717) is 24.5 Å². The molecule has 1 unspecified atom stereocenters. The van der Waals surface area contributed by atoms with Crippen molar-refractivity contribution in [2.45, 2.75) is 18.9 Å². The van der Waals surface area contributed by atoms with Crippen LogP contribution in [0.4, 0.5) is 0 Å². The molecule has 0 aliphatic rings. The van der Waals surface area contributed by atoms with E-state index < -0.39 is 0 Å². The minimum absolute atomic E-state index is 0.00759. The first-order chi connectivity index (χ1) is 10.2. The Morgan fingerprint density at radius 1 is 1.62 bits per heavy atom. The lowest BCUT2D eigenvalue weighted by molar-refractivity contribution is -0.121. The number of furan rings is 1. The van der Waals surface area contributed by atoms with Gasteiger partial charge in [0.25, 0.3) is 0 Å². The lowest BCUT2D eigenvalue weighted by Gasteiger charge is -2.16. The number of rotatable bonds is 8. The zero-order chi connectivity index (χ0) is 15.1. The standard InChI is InChI=1S/C14H18N2O4S/c1-19-8-10(4-5-17)15-13(18)7-11-9-21-14(16-11)12-3-2-6-20-12/h2-3,6,9-10,17H,4-5,7-8H2,1H3,(H,15,18). The van der Waals surface area contributed by atoms with Crippen molar-refractivity contribution in [3.8, 4) is 10.8 Å². The average Bonchev–Trinajstić information content (AvgIpc) is 3.09. The Labute approximate surface area is 126 Å². The summed E-state index contributed by atoms with van der Waals surface area (Å²) in [5.74, 6) is 0.561. The topological polar surface area (TPSA) is 84.6 Å². The lowest BCUT2D eigenvalue weighted by Crippen LogP contribution is -2.39. The second-order valence-electron chi connectivity index (χ2n) is 4.53. The zero-order valence-electron chi connectivity index (χ0n) is 11.7. The third-order valence-electron chi connectivity index (χ3n) is 2.84. The Bertz CT molecular complexity index is 547. The Balaban J connectivity index is 1.90. The van der Waals surface area contributed by atoms with Crippen molar-refractivity contribution >= 4 is 17.2 Å². The highest BCUT2D eigenvalue weighted by molar-refractivity contribution is 7.13. The summed E-state index contributed by atoms with van der Waals surface area (Å²) in [6.45, 7) is 0.384. The number of hydrogen-bond acceptors (Lipinski definition) is 6. The van der Waals surface area contributed by atoms with Crippen molar-refractivity contribution in [1.82, 2.24) is 10.3 Å². The molecule has 0 saturated carbocycles. The van der Waals surface area contributed by atoms with E-state index >= 15 is 0 Å². The molecule has 21 heavy (non-hydrogen) atoms. The molecule has 6 nitrogen and oxygen atoms in total. The predicted molar refractivity (Wildman–Crippen MR) is 79.0 cm³/mol. The van der Waals surface area contributed by atoms with Crippen molar-refractivity contribution in [3.05, 3.63) is 29.5 Å². The van der Waals surface area contributed by atoms with E-state index in [1.165, 1.54) is 11.3 Å². The molecule has 0 fully saturated rings. The Morgan fingerprint density at radius 2 is 2.48 bits per heavy atom. The largest absolute Gasteiger partial charge is 0.462 e. The van der Waals surface area contributed by atoms with E-state index in [0.717, 1.165) is 5.01 Å². The summed E-state index contributed by atoms with van der Waals surface area (Å²) in [5.41, 5.74) is 0.698. The number of nitrogens with one attached hydrogen (secondary N) is 1. The van der Waals surface area contributed by atoms with Gasteiger partial charge in [-0.2, -0.15) is 0 Å². The van der Waals surface area contributed by atoms with Gasteiger partial charge in [-0.25, -0.2) is 4.98 Å². The van der Waals surface area contributed by atoms with Gasteiger partial charge in [0.05, 0.1) is 31.0 Å². The van der Waals surface area contributed by atoms with Crippen LogP contribution in [0, 0.1) is 0 Å². The fourth-order valence-electron chi connectivity index (χ4n) is 1.90. The van der Waals surface area contributed by atoms with E-state index in [4.69, 9.17) is 14.3 Å². The van der Waals surface area contributed by atoms with Gasteiger partial charge in [0, 0.05) is 19.1 Å². The highest BCUT2D eigenvalue weighted by atomic mass is 32.1. The molecular formula is C14H18N2O4S. The van der Waals surface area contributed by atoms with Crippen molar-refractivity contribution in [1.29, 1.82) is 0 Å². The number of thiazole rings is 1. The van der Waals surface area contributed by atoms with Gasteiger partial charge in [-0.1, -0.05) is 0 Å². The number of methoxy groups -OCH3 is 1. The molecule has 0 aliphatic carbocycles. The Hall–Kier alpha value is -1.70. The van der Waals surface area contributed by atoms with E-state index in [9.17, 15) is 4.79 Å². The van der Waals surface area contributed by atoms with Crippen LogP contribution in [0.25, 0.3) is 10.8 Å². The summed E-state index contributed by atoms with van der Waals surface area (Å²) < 4.78 is 10.3. The SMILES string of the molecule is COCC(CCO)NC(=O)Cc1csc(-c2ccco2)n1. The van der Waals surface area contributed by atoms with Crippen LogP contribution in [0.2, 0.25) is 0 Å². The first-order valence-electron chi connectivity index (χ1n) is 6.60. The minimum Gasteiger partial charge on any atom is -0.462 e. The van der Waals surface area contributed by atoms with Crippen LogP contribution >= 0.6 is 11.3 Å². The lowest BCUT2D eigenvalue weighted by atomic mass is 10.2. The monoisotopic (exact) mass is 310 g/mol. The van der Waals surface area contributed by atoms with E-state index in [1.54, 1.807) is 19.4 Å². The first-order valence-corrected chi connectivity index (χ1v) is 7.48. The number of aliphatic hydroxyl groups excluding tert-OH is 1. The number of ether oxygens (including phenoxy) is 1. The van der Waals surface area contributed by atoms with Gasteiger partial charge in [-0.05, 0) is 18.6 Å². The maximum Gasteiger partial charge on any atom is 0.226 e. The van der Waals surface area contributed by atoms with E-state index in [-0.39, 0.29) is 25.0 Å². The van der Waals surface area contributed by atoms with Gasteiger partial charge >= 0.3 is 0 Å². The average molecular weight is 310 g/mol. The summed E-state index contributed by atoms with van der Waals surface area (Å²) >= 11 is 1.44. The van der Waals surface area contributed by atoms with Crippen LogP contribution in [-0.4, -0.2) is 42.4 Å². The van der Waals surface area contributed by atoms with Crippen LogP contribution < -0.4 is 5.32 Å². The van der Waals surface area contributed by atoms with Gasteiger partial charge < -0.3 is 19.6 Å². The van der Waals surface area contributed by atoms with Gasteiger partial charge in [0.1, 0.15) is 0 Å². The van der Waals surface area contributed by atoms with Gasteiger partial charge in [0.2, 0.25) is 5.91 Å². The number of carbonyl (C=O) groups excluding carboxylic acids is 1. The van der Waals surface area contributed by atoms with Gasteiger partial charge in [-0.3, -0.25) is 4.79 Å². The molecule has 2 N–H and O–H groups in total. The van der Waals surface area contributed by atoms with Gasteiger partial charge in [-0.15, -0.1) is 11.3 Å². The van der Waals surface area contributed by atoms with Crippen LogP contribution in [0.15, 0.2) is 28.2 Å². The molecule has 1 amide bonds. The highest BCUT2D eigenvalue weighted by Gasteiger charge is 2.14. The number of nitrogens with zero attached hydrogens (tertiary/aromatic N) is 1. The maximum absolute atomic E-state index is 12.0. The molecule has 2 aromatic rings. The molecule has 7 heteroatoms. The summed E-state index contributed by atoms with van der Waals surface area (Å²) in [6, 6.07) is 3.45. The third-order valence-corrected chi connectivity index (χ3v) is 3.74. The highest BCUT2D eigenvalue weighted by Crippen LogP contribution is 2.24. The molecule has 0 spiro atoms. The van der Waals surface area contributed by atoms with Crippen LogP contribution in [0.3, 0.4) is 0 Å². The van der Waals surface area contributed by atoms with Crippen LogP contribution in [0.1, 0.15) is 12.1 Å². The van der Waals surface area contributed by atoms with E-state index in [2.05, 4.69) is 10.3 Å². The number of aliphatic hydroxyl groups is 1. The molecule has 0 bridgehead atoms. The van der Waals surface area contributed by atoms with Crippen molar-refractivity contribution < 1.29 is 19.1 Å². The molecule has 2 aromatic heterocycles. The predicted octanol–water partition coefficient (Wildman–Crippen LogP) is 1.46. The van der Waals surface area contributed by atoms with E-state index in [1.807, 2.05) is 11.4 Å². The fourth-order valence-corrected chi connectivity index (χ4v) is 2.68. The van der Waals surface area contributed by atoms with Gasteiger partial charge in [0.15, 0.2) is 10.8 Å². The second kappa shape index (κ2) is 7.92. The third kappa shape index (κ3) is 4.66. The first kappa shape index (κ1) is 15.7. The minimum atomic E-state index is -0.185. The van der Waals surface area contributed by atoms with Crippen LogP contribution in [0.5, 0.6) is 0 Å². The molecular weight excluding hydrogens is 292 g/mol. The molecule has 114 valence electrons. The molecule has 0 saturated heterocycles. The van der Waals surface area contributed by atoms with Crippen molar-refractivity contribution in [3.63, 3.8) is 0 Å². The summed E-state index contributed by atoms with van der Waals surface area (Å²) in [5, 5.41) is 14.4. The Morgan fingerprint density at radius 3 is 3.14 bits per heavy atom. The number of carbonyl (C=O) groups is 1. The molecule has 2 rings (SSSR count). The Kier molecular flexibility index (Phi) is 5.91. The molecule has 0 aromatic carbocycles. The maximum atomic E-state index is 12.0. The molecule has 1 atom stereocenters. The normalized spacial score (nSPS) is 12.3. The molecule has 2 heterocycles. The van der Waals surface area contributed by atoms with Crippen LogP contribution in [-0.2, 0) is 16.0 Å².